The van der Waals surface area contributed by atoms with Gasteiger partial charge >= 0.3 is 0 Å². The number of rotatable bonds is 3. The maximum absolute atomic E-state index is 12.3. The van der Waals surface area contributed by atoms with Crippen LogP contribution in [0.25, 0.3) is 0 Å². The van der Waals surface area contributed by atoms with Gasteiger partial charge in [-0.1, -0.05) is 15.9 Å². The molecule has 1 aliphatic heterocycles. The predicted octanol–water partition coefficient (Wildman–Crippen LogP) is 3.41. The third kappa shape index (κ3) is 3.47. The number of hydrogen-bond acceptors (Lipinski definition) is 4. The van der Waals surface area contributed by atoms with E-state index < -0.39 is 0 Å². The summed E-state index contributed by atoms with van der Waals surface area (Å²) in [6.45, 7) is 4.89. The quantitative estimate of drug-likeness (QED) is 0.891. The largest absolute Gasteiger partial charge is 0.486 e. The van der Waals surface area contributed by atoms with Crippen LogP contribution in [-0.4, -0.2) is 24.1 Å². The van der Waals surface area contributed by atoms with Crippen LogP contribution in [-0.2, 0) is 0 Å². The average Bonchev–Trinajstić information content (AvgIpc) is 2.54. The Balaban J connectivity index is 1.79. The lowest BCUT2D eigenvalue weighted by Crippen LogP contribution is -2.27. The summed E-state index contributed by atoms with van der Waals surface area (Å²) in [7, 11) is 0. The molecule has 0 radical (unpaired) electrons. The van der Waals surface area contributed by atoms with Crippen molar-refractivity contribution in [2.45, 2.75) is 19.9 Å². The van der Waals surface area contributed by atoms with Gasteiger partial charge in [-0.25, -0.2) is 0 Å². The van der Waals surface area contributed by atoms with E-state index in [1.54, 1.807) is 12.3 Å². The normalized spacial score (nSPS) is 14.2. The summed E-state index contributed by atoms with van der Waals surface area (Å²) in [5, 5.41) is 2.97. The first kappa shape index (κ1) is 15.8. The standard InChI is InChI=1S/C17H17BrN2O3/c1-10-3-4-12(9-19-10)17(21)20-11(2)13-7-15-16(8-14(13)18)23-6-5-22-15/h3-4,7-9,11H,5-6H2,1-2H3,(H,20,21)/t11-/m0/s1. The monoisotopic (exact) mass is 376 g/mol. The number of carbonyl (C=O) groups excluding carboxylic acids is 1. The molecule has 2 aromatic rings. The Morgan fingerprint density at radius 2 is 1.96 bits per heavy atom. The average molecular weight is 377 g/mol. The van der Waals surface area contributed by atoms with Crippen LogP contribution in [0.15, 0.2) is 34.9 Å². The fourth-order valence-electron chi connectivity index (χ4n) is 2.37. The molecule has 6 heteroatoms. The van der Waals surface area contributed by atoms with Gasteiger partial charge in [0.05, 0.1) is 11.6 Å². The molecule has 23 heavy (non-hydrogen) atoms. The molecule has 1 amide bonds. The summed E-state index contributed by atoms with van der Waals surface area (Å²) in [5.74, 6) is 1.26. The van der Waals surface area contributed by atoms with Crippen molar-refractivity contribution in [2.24, 2.45) is 0 Å². The lowest BCUT2D eigenvalue weighted by molar-refractivity contribution is 0.0939. The van der Waals surface area contributed by atoms with Crippen LogP contribution in [0.2, 0.25) is 0 Å². The van der Waals surface area contributed by atoms with E-state index >= 15 is 0 Å². The second-order valence-electron chi connectivity index (χ2n) is 5.40. The molecule has 1 aliphatic rings. The zero-order chi connectivity index (χ0) is 16.4. The molecule has 0 bridgehead atoms. The minimum Gasteiger partial charge on any atom is -0.486 e. The number of nitrogens with zero attached hydrogens (tertiary/aromatic N) is 1. The number of carbonyl (C=O) groups is 1. The molecule has 1 atom stereocenters. The van der Waals surface area contributed by atoms with Crippen LogP contribution in [0.1, 0.15) is 34.6 Å². The van der Waals surface area contributed by atoms with Gasteiger partial charge in [-0.2, -0.15) is 0 Å². The predicted molar refractivity (Wildman–Crippen MR) is 90.0 cm³/mol. The Bertz CT molecular complexity index is 731. The molecule has 1 N–H and O–H groups in total. The molecule has 2 heterocycles. The van der Waals surface area contributed by atoms with Crippen molar-refractivity contribution < 1.29 is 14.3 Å². The molecule has 0 aliphatic carbocycles. The Kier molecular flexibility index (Phi) is 4.52. The van der Waals surface area contributed by atoms with Gasteiger partial charge in [0.25, 0.3) is 5.91 Å². The number of benzene rings is 1. The van der Waals surface area contributed by atoms with Gasteiger partial charge in [0.2, 0.25) is 0 Å². The highest BCUT2D eigenvalue weighted by atomic mass is 79.9. The SMILES string of the molecule is Cc1ccc(C(=O)N[C@@H](C)c2cc3c(cc2Br)OCCO3)cn1. The van der Waals surface area contributed by atoms with Gasteiger partial charge in [-0.3, -0.25) is 9.78 Å². The number of nitrogens with one attached hydrogen (secondary N) is 1. The van der Waals surface area contributed by atoms with E-state index in [1.165, 1.54) is 0 Å². The number of pyridine rings is 1. The highest BCUT2D eigenvalue weighted by Crippen LogP contribution is 2.37. The number of aromatic nitrogens is 1. The molecule has 0 spiro atoms. The number of halogens is 1. The third-order valence-corrected chi connectivity index (χ3v) is 4.34. The Morgan fingerprint density at radius 3 is 2.61 bits per heavy atom. The van der Waals surface area contributed by atoms with Gasteiger partial charge in [0.1, 0.15) is 13.2 Å². The Labute approximate surface area is 143 Å². The highest BCUT2D eigenvalue weighted by Gasteiger charge is 2.19. The number of hydrogen-bond donors (Lipinski definition) is 1. The lowest BCUT2D eigenvalue weighted by atomic mass is 10.1. The van der Waals surface area contributed by atoms with Crippen LogP contribution >= 0.6 is 15.9 Å². The molecule has 0 saturated heterocycles. The summed E-state index contributed by atoms with van der Waals surface area (Å²) in [6.07, 6.45) is 1.58. The summed E-state index contributed by atoms with van der Waals surface area (Å²) < 4.78 is 12.0. The van der Waals surface area contributed by atoms with E-state index in [2.05, 4.69) is 26.2 Å². The van der Waals surface area contributed by atoms with Crippen molar-refractivity contribution in [3.05, 3.63) is 51.8 Å². The zero-order valence-corrected chi connectivity index (χ0v) is 14.5. The minimum atomic E-state index is -0.186. The fraction of sp³-hybridized carbons (Fsp3) is 0.294. The lowest BCUT2D eigenvalue weighted by Gasteiger charge is -2.22. The second kappa shape index (κ2) is 6.58. The molecule has 5 nitrogen and oxygen atoms in total. The molecular weight excluding hydrogens is 360 g/mol. The van der Waals surface area contributed by atoms with E-state index in [9.17, 15) is 4.79 Å². The van der Waals surface area contributed by atoms with Crippen molar-refractivity contribution in [3.8, 4) is 11.5 Å². The first-order valence-electron chi connectivity index (χ1n) is 7.37. The first-order valence-corrected chi connectivity index (χ1v) is 8.16. The molecule has 3 rings (SSSR count). The minimum absolute atomic E-state index is 0.160. The van der Waals surface area contributed by atoms with Crippen LogP contribution in [0, 0.1) is 6.92 Å². The fourth-order valence-corrected chi connectivity index (χ4v) is 3.04. The summed E-state index contributed by atoms with van der Waals surface area (Å²) in [6, 6.07) is 7.17. The van der Waals surface area contributed by atoms with E-state index in [-0.39, 0.29) is 11.9 Å². The summed E-state index contributed by atoms with van der Waals surface area (Å²) in [4.78, 5) is 16.5. The van der Waals surface area contributed by atoms with E-state index in [0.29, 0.717) is 30.3 Å². The molecule has 120 valence electrons. The van der Waals surface area contributed by atoms with E-state index in [0.717, 1.165) is 15.7 Å². The molecule has 0 unspecified atom stereocenters. The maximum atomic E-state index is 12.3. The molecule has 1 aromatic carbocycles. The van der Waals surface area contributed by atoms with Gasteiger partial charge in [0.15, 0.2) is 11.5 Å². The van der Waals surface area contributed by atoms with Gasteiger partial charge in [-0.05, 0) is 43.7 Å². The molecule has 0 saturated carbocycles. The van der Waals surface area contributed by atoms with E-state index in [1.807, 2.05) is 32.0 Å². The maximum Gasteiger partial charge on any atom is 0.253 e. The van der Waals surface area contributed by atoms with Crippen molar-refractivity contribution in [3.63, 3.8) is 0 Å². The van der Waals surface area contributed by atoms with E-state index in [4.69, 9.17) is 9.47 Å². The molecule has 0 fully saturated rings. The summed E-state index contributed by atoms with van der Waals surface area (Å²) >= 11 is 3.53. The second-order valence-corrected chi connectivity index (χ2v) is 6.26. The zero-order valence-electron chi connectivity index (χ0n) is 12.9. The van der Waals surface area contributed by atoms with Crippen LogP contribution in [0.4, 0.5) is 0 Å². The molecule has 1 aromatic heterocycles. The van der Waals surface area contributed by atoms with Gasteiger partial charge < -0.3 is 14.8 Å². The first-order chi connectivity index (χ1) is 11.0. The molecular formula is C17H17BrN2O3. The Hall–Kier alpha value is -2.08. The number of aryl methyl sites for hydroxylation is 1. The number of amides is 1. The Morgan fingerprint density at radius 1 is 1.26 bits per heavy atom. The van der Waals surface area contributed by atoms with Gasteiger partial charge in [-0.15, -0.1) is 0 Å². The third-order valence-electron chi connectivity index (χ3n) is 3.65. The highest BCUT2D eigenvalue weighted by molar-refractivity contribution is 9.10. The van der Waals surface area contributed by atoms with Crippen LogP contribution < -0.4 is 14.8 Å². The van der Waals surface area contributed by atoms with Crippen molar-refractivity contribution in [2.75, 3.05) is 13.2 Å². The summed E-state index contributed by atoms with van der Waals surface area (Å²) in [5.41, 5.74) is 2.35. The van der Waals surface area contributed by atoms with Crippen LogP contribution in [0.5, 0.6) is 11.5 Å². The van der Waals surface area contributed by atoms with Crippen LogP contribution in [0.3, 0.4) is 0 Å². The van der Waals surface area contributed by atoms with Gasteiger partial charge in [0, 0.05) is 16.4 Å². The smallest absolute Gasteiger partial charge is 0.253 e. The van der Waals surface area contributed by atoms with Crippen molar-refractivity contribution >= 4 is 21.8 Å². The van der Waals surface area contributed by atoms with Crippen molar-refractivity contribution in [1.29, 1.82) is 0 Å². The number of ether oxygens (including phenoxy) is 2. The number of fused-ring (bicyclic) bond motifs is 1. The van der Waals surface area contributed by atoms with Crippen molar-refractivity contribution in [1.82, 2.24) is 10.3 Å². The topological polar surface area (TPSA) is 60.5 Å².